The third-order valence-electron chi connectivity index (χ3n) is 11.4. The molecule has 0 saturated carbocycles. The molecule has 56 heavy (non-hydrogen) atoms. The maximum atomic E-state index is 2.47. The summed E-state index contributed by atoms with van der Waals surface area (Å²) in [4.78, 5) is 2.37. The van der Waals surface area contributed by atoms with Gasteiger partial charge in [-0.25, -0.2) is 0 Å². The van der Waals surface area contributed by atoms with Crippen molar-refractivity contribution in [1.29, 1.82) is 0 Å². The summed E-state index contributed by atoms with van der Waals surface area (Å²) >= 11 is 0. The van der Waals surface area contributed by atoms with Crippen molar-refractivity contribution >= 4 is 71.2 Å². The van der Waals surface area contributed by atoms with Crippen LogP contribution < -0.4 is 4.90 Å². The van der Waals surface area contributed by atoms with E-state index in [1.54, 1.807) is 0 Å². The van der Waals surface area contributed by atoms with Gasteiger partial charge in [0.2, 0.25) is 0 Å². The van der Waals surface area contributed by atoms with Crippen molar-refractivity contribution in [2.24, 2.45) is 0 Å². The Hall–Kier alpha value is -7.42. The maximum Gasteiger partial charge on any atom is 0.0619 e. The molecule has 1 aromatic heterocycles. The molecule has 2 nitrogen and oxygen atoms in total. The molecule has 2 heteroatoms. The number of fused-ring (bicyclic) bond motifs is 9. The number of para-hydroxylation sites is 4. The van der Waals surface area contributed by atoms with Gasteiger partial charge >= 0.3 is 0 Å². The number of anilines is 3. The lowest BCUT2D eigenvalue weighted by atomic mass is 9.94. The molecule has 0 fully saturated rings. The van der Waals surface area contributed by atoms with Gasteiger partial charge in [0.25, 0.3) is 0 Å². The van der Waals surface area contributed by atoms with Crippen molar-refractivity contribution in [3.63, 3.8) is 0 Å². The van der Waals surface area contributed by atoms with Crippen LogP contribution in [0, 0.1) is 0 Å². The second kappa shape index (κ2) is 13.2. The third-order valence-corrected chi connectivity index (χ3v) is 11.4. The second-order valence-corrected chi connectivity index (χ2v) is 14.5. The molecule has 11 rings (SSSR count). The number of rotatable bonds is 6. The van der Waals surface area contributed by atoms with Crippen molar-refractivity contribution < 1.29 is 0 Å². The van der Waals surface area contributed by atoms with Gasteiger partial charge in [-0.05, 0) is 92.0 Å². The smallest absolute Gasteiger partial charge is 0.0619 e. The molecule has 0 amide bonds. The van der Waals surface area contributed by atoms with Gasteiger partial charge in [-0.3, -0.25) is 0 Å². The third kappa shape index (κ3) is 5.11. The van der Waals surface area contributed by atoms with Crippen LogP contribution in [0.2, 0.25) is 0 Å². The van der Waals surface area contributed by atoms with Gasteiger partial charge in [-0.2, -0.15) is 0 Å². The molecule has 0 aliphatic carbocycles. The first kappa shape index (κ1) is 32.0. The van der Waals surface area contributed by atoms with Crippen molar-refractivity contribution in [2.75, 3.05) is 4.90 Å². The van der Waals surface area contributed by atoms with Gasteiger partial charge in [-0.15, -0.1) is 0 Å². The Morgan fingerprint density at radius 3 is 1.48 bits per heavy atom. The summed E-state index contributed by atoms with van der Waals surface area (Å²) in [6, 6.07) is 79.3. The quantitative estimate of drug-likeness (QED) is 0.156. The Labute approximate surface area is 325 Å². The molecule has 0 N–H and O–H groups in total. The average molecular weight is 713 g/mol. The minimum atomic E-state index is 1.10. The summed E-state index contributed by atoms with van der Waals surface area (Å²) in [5, 5.41) is 10.1. The number of aromatic nitrogens is 1. The molecule has 0 spiro atoms. The molecular weight excluding hydrogens is 677 g/mol. The lowest BCUT2D eigenvalue weighted by Crippen LogP contribution is -2.09. The molecule has 0 atom stereocenters. The molecule has 0 aliphatic heterocycles. The van der Waals surface area contributed by atoms with Crippen LogP contribution in [0.4, 0.5) is 17.1 Å². The minimum absolute atomic E-state index is 1.10. The highest BCUT2D eigenvalue weighted by Gasteiger charge is 2.20. The molecule has 262 valence electrons. The average Bonchev–Trinajstić information content (AvgIpc) is 3.62. The lowest BCUT2D eigenvalue weighted by Gasteiger charge is -2.26. The summed E-state index contributed by atoms with van der Waals surface area (Å²) < 4.78 is 2.47. The molecule has 10 aromatic carbocycles. The van der Waals surface area contributed by atoms with E-state index in [0.717, 1.165) is 28.3 Å². The van der Waals surface area contributed by atoms with Crippen molar-refractivity contribution in [3.05, 3.63) is 218 Å². The fraction of sp³-hybridized carbons (Fsp3) is 0. The number of benzene rings is 10. The second-order valence-electron chi connectivity index (χ2n) is 14.5. The van der Waals surface area contributed by atoms with E-state index in [-0.39, 0.29) is 0 Å². The zero-order chi connectivity index (χ0) is 37.0. The number of hydrogen-bond acceptors (Lipinski definition) is 1. The van der Waals surface area contributed by atoms with Crippen LogP contribution in [0.1, 0.15) is 0 Å². The number of nitrogens with zero attached hydrogens (tertiary/aromatic N) is 2. The molecule has 0 saturated heterocycles. The highest BCUT2D eigenvalue weighted by Crippen LogP contribution is 2.43. The van der Waals surface area contributed by atoms with Crippen molar-refractivity contribution in [3.8, 4) is 27.9 Å². The van der Waals surface area contributed by atoms with Crippen LogP contribution in [0.25, 0.3) is 82.1 Å². The summed E-state index contributed by atoms with van der Waals surface area (Å²) in [7, 11) is 0. The van der Waals surface area contributed by atoms with Crippen LogP contribution in [0.15, 0.2) is 218 Å². The Morgan fingerprint density at radius 1 is 0.286 bits per heavy atom. The first-order valence-corrected chi connectivity index (χ1v) is 19.3. The predicted molar refractivity (Wildman–Crippen MR) is 239 cm³/mol. The van der Waals surface area contributed by atoms with Crippen LogP contribution in [-0.4, -0.2) is 4.57 Å². The summed E-state index contributed by atoms with van der Waals surface area (Å²) in [6.07, 6.45) is 0. The Morgan fingerprint density at radius 2 is 0.768 bits per heavy atom. The van der Waals surface area contributed by atoms with Crippen LogP contribution in [0.5, 0.6) is 0 Å². The first-order valence-electron chi connectivity index (χ1n) is 19.3. The highest BCUT2D eigenvalue weighted by atomic mass is 15.1. The monoisotopic (exact) mass is 712 g/mol. The van der Waals surface area contributed by atoms with Gasteiger partial charge in [-0.1, -0.05) is 170 Å². The van der Waals surface area contributed by atoms with E-state index in [4.69, 9.17) is 0 Å². The number of hydrogen-bond donors (Lipinski definition) is 0. The zero-order valence-electron chi connectivity index (χ0n) is 30.7. The van der Waals surface area contributed by atoms with Crippen LogP contribution >= 0.6 is 0 Å². The highest BCUT2D eigenvalue weighted by molar-refractivity contribution is 6.26. The molecule has 0 unspecified atom stereocenters. The largest absolute Gasteiger partial charge is 0.310 e. The van der Waals surface area contributed by atoms with Crippen molar-refractivity contribution in [1.82, 2.24) is 4.57 Å². The molecule has 0 bridgehead atoms. The summed E-state index contributed by atoms with van der Waals surface area (Å²) in [6.45, 7) is 0. The van der Waals surface area contributed by atoms with E-state index in [9.17, 15) is 0 Å². The van der Waals surface area contributed by atoms with E-state index in [1.807, 2.05) is 0 Å². The zero-order valence-corrected chi connectivity index (χ0v) is 30.7. The fourth-order valence-corrected chi connectivity index (χ4v) is 8.88. The first-order chi connectivity index (χ1) is 27.8. The van der Waals surface area contributed by atoms with E-state index in [2.05, 4.69) is 228 Å². The van der Waals surface area contributed by atoms with E-state index in [0.29, 0.717) is 0 Å². The van der Waals surface area contributed by atoms with Gasteiger partial charge in [0.05, 0.1) is 16.7 Å². The normalized spacial score (nSPS) is 11.6. The SMILES string of the molecule is c1ccc(-c2cccc3c4ccccc4n(-c4ccccc4-c4ccc(N(c5ccccc5)c5ccc6c7ccccc7c7ccccc7c6c5)cc4)c23)cc1. The van der Waals surface area contributed by atoms with E-state index in [1.165, 1.54) is 70.8 Å². The molecule has 0 radical (unpaired) electrons. The van der Waals surface area contributed by atoms with Gasteiger partial charge in [0.1, 0.15) is 0 Å². The topological polar surface area (TPSA) is 8.17 Å². The Kier molecular flexibility index (Phi) is 7.53. The Bertz CT molecular complexity index is 3200. The lowest BCUT2D eigenvalue weighted by molar-refractivity contribution is 1.18. The Balaban J connectivity index is 1.07. The minimum Gasteiger partial charge on any atom is -0.310 e. The van der Waals surface area contributed by atoms with Gasteiger partial charge in [0, 0.05) is 39.0 Å². The standard InChI is InChI=1S/C54H36N2/c1-3-16-37(17-4-1)43-26-15-27-50-49-25-12-14-29-53(49)56(54(43)50)52-28-13-11-20-42(52)38-30-32-40(33-31-38)55(39-18-5-2-6-19-39)41-34-35-48-46-23-8-7-21-44(46)45-22-9-10-24-47(45)51(48)36-41/h1-36H. The summed E-state index contributed by atoms with van der Waals surface area (Å²) in [5.74, 6) is 0. The predicted octanol–water partition coefficient (Wildman–Crippen LogP) is 15.0. The molecular formula is C54H36N2. The van der Waals surface area contributed by atoms with Crippen LogP contribution in [0.3, 0.4) is 0 Å². The van der Waals surface area contributed by atoms with Crippen molar-refractivity contribution in [2.45, 2.75) is 0 Å². The molecule has 11 aromatic rings. The van der Waals surface area contributed by atoms with Gasteiger partial charge in [0.15, 0.2) is 0 Å². The van der Waals surface area contributed by atoms with Crippen LogP contribution in [-0.2, 0) is 0 Å². The summed E-state index contributed by atoms with van der Waals surface area (Å²) in [5.41, 5.74) is 11.7. The van der Waals surface area contributed by atoms with E-state index < -0.39 is 0 Å². The maximum absolute atomic E-state index is 2.47. The fourth-order valence-electron chi connectivity index (χ4n) is 8.88. The molecule has 1 heterocycles. The van der Waals surface area contributed by atoms with E-state index >= 15 is 0 Å². The molecule has 0 aliphatic rings. The van der Waals surface area contributed by atoms with Gasteiger partial charge < -0.3 is 9.47 Å².